The lowest BCUT2D eigenvalue weighted by Crippen LogP contribution is -2.52. The Morgan fingerprint density at radius 2 is 1.90 bits per heavy atom. The maximum Gasteiger partial charge on any atom is 0.317 e. The highest BCUT2D eigenvalue weighted by molar-refractivity contribution is 5.79. The average molecular weight is 394 g/mol. The minimum Gasteiger partial charge on any atom is -0.492 e. The fourth-order valence-electron chi connectivity index (χ4n) is 3.44. The van der Waals surface area contributed by atoms with Crippen molar-refractivity contribution in [3.63, 3.8) is 0 Å². The van der Waals surface area contributed by atoms with Crippen LogP contribution in [0.4, 0.5) is 14.9 Å². The molecule has 1 N–H and O–H groups in total. The van der Waals surface area contributed by atoms with Crippen LogP contribution in [0.2, 0.25) is 0 Å². The fraction of sp³-hybridized carbons (Fsp3) is 0.273. The number of urea groups is 1. The van der Waals surface area contributed by atoms with Crippen LogP contribution in [0.25, 0.3) is 10.9 Å². The number of piperazine rings is 1. The number of fused-ring (bicyclic) bond motifs is 1. The monoisotopic (exact) mass is 394 g/mol. The van der Waals surface area contributed by atoms with Gasteiger partial charge >= 0.3 is 6.03 Å². The number of aromatic nitrogens is 1. The van der Waals surface area contributed by atoms with Gasteiger partial charge < -0.3 is 19.9 Å². The van der Waals surface area contributed by atoms with Crippen LogP contribution < -0.4 is 15.0 Å². The van der Waals surface area contributed by atoms with Crippen molar-refractivity contribution in [2.24, 2.45) is 0 Å². The molecule has 2 heterocycles. The second-order valence-electron chi connectivity index (χ2n) is 6.86. The van der Waals surface area contributed by atoms with Crippen molar-refractivity contribution >= 4 is 22.6 Å². The van der Waals surface area contributed by atoms with E-state index in [-0.39, 0.29) is 11.8 Å². The molecule has 2 aromatic carbocycles. The van der Waals surface area contributed by atoms with E-state index >= 15 is 0 Å². The maximum absolute atomic E-state index is 13.9. The molecule has 1 fully saturated rings. The van der Waals surface area contributed by atoms with E-state index in [1.165, 1.54) is 6.07 Å². The predicted molar refractivity (Wildman–Crippen MR) is 111 cm³/mol. The lowest BCUT2D eigenvalue weighted by molar-refractivity contribution is 0.191. The van der Waals surface area contributed by atoms with Crippen LogP contribution in [0.5, 0.6) is 5.75 Å². The molecule has 0 atom stereocenters. The molecule has 150 valence electrons. The number of hydrogen-bond acceptors (Lipinski definition) is 4. The number of carbonyl (C=O) groups excluding carboxylic acids is 1. The van der Waals surface area contributed by atoms with Gasteiger partial charge in [0.1, 0.15) is 18.2 Å². The number of nitrogens with zero attached hydrogens (tertiary/aromatic N) is 3. The van der Waals surface area contributed by atoms with Gasteiger partial charge in [0.15, 0.2) is 0 Å². The number of carbonyl (C=O) groups is 1. The van der Waals surface area contributed by atoms with E-state index < -0.39 is 0 Å². The lowest BCUT2D eigenvalue weighted by atomic mass is 10.2. The number of nitrogens with one attached hydrogen (secondary N) is 1. The third kappa shape index (κ3) is 4.56. The number of rotatable bonds is 5. The summed E-state index contributed by atoms with van der Waals surface area (Å²) in [7, 11) is 0. The van der Waals surface area contributed by atoms with E-state index in [2.05, 4.69) is 10.3 Å². The first-order valence-corrected chi connectivity index (χ1v) is 9.70. The van der Waals surface area contributed by atoms with Gasteiger partial charge in [-0.25, -0.2) is 9.18 Å². The van der Waals surface area contributed by atoms with Gasteiger partial charge in [-0.15, -0.1) is 0 Å². The minimum absolute atomic E-state index is 0.121. The summed E-state index contributed by atoms with van der Waals surface area (Å²) in [6.45, 7) is 3.12. The van der Waals surface area contributed by atoms with E-state index in [9.17, 15) is 9.18 Å². The Morgan fingerprint density at radius 1 is 1.07 bits per heavy atom. The highest BCUT2D eigenvalue weighted by Gasteiger charge is 2.22. The van der Waals surface area contributed by atoms with Gasteiger partial charge in [-0.2, -0.15) is 0 Å². The molecular formula is C22H23FN4O2. The highest BCUT2D eigenvalue weighted by atomic mass is 19.1. The Bertz CT molecular complexity index is 989. The number of ether oxygens (including phenoxy) is 1. The summed E-state index contributed by atoms with van der Waals surface area (Å²) in [5, 5.41) is 3.90. The van der Waals surface area contributed by atoms with E-state index in [4.69, 9.17) is 4.74 Å². The number of hydrogen-bond donors (Lipinski definition) is 1. The minimum atomic E-state index is -0.230. The van der Waals surface area contributed by atoms with Crippen LogP contribution in [0.3, 0.4) is 0 Å². The number of halogens is 1. The number of para-hydroxylation sites is 1. The van der Waals surface area contributed by atoms with Crippen molar-refractivity contribution in [3.8, 4) is 5.75 Å². The van der Waals surface area contributed by atoms with Crippen LogP contribution >= 0.6 is 0 Å². The van der Waals surface area contributed by atoms with Crippen molar-refractivity contribution < 1.29 is 13.9 Å². The first kappa shape index (κ1) is 19.0. The van der Waals surface area contributed by atoms with E-state index in [0.717, 1.165) is 16.7 Å². The van der Waals surface area contributed by atoms with Gasteiger partial charge in [0.2, 0.25) is 0 Å². The van der Waals surface area contributed by atoms with E-state index in [1.807, 2.05) is 41.3 Å². The number of pyridine rings is 1. The topological polar surface area (TPSA) is 57.7 Å². The lowest BCUT2D eigenvalue weighted by Gasteiger charge is -2.36. The first-order valence-electron chi connectivity index (χ1n) is 9.70. The van der Waals surface area contributed by atoms with Crippen LogP contribution in [0.1, 0.15) is 0 Å². The standard InChI is InChI=1S/C22H23FN4O2/c23-19-5-1-2-6-21(19)26-11-13-27(14-12-26)22(28)25-10-15-29-18-7-8-20-17(16-18)4-3-9-24-20/h1-9,16H,10-15H2,(H,25,28). The fourth-order valence-corrected chi connectivity index (χ4v) is 3.44. The Hall–Kier alpha value is -3.35. The van der Waals surface area contributed by atoms with Crippen LogP contribution in [-0.2, 0) is 0 Å². The smallest absolute Gasteiger partial charge is 0.317 e. The zero-order valence-electron chi connectivity index (χ0n) is 16.1. The average Bonchev–Trinajstić information content (AvgIpc) is 2.77. The van der Waals surface area contributed by atoms with Gasteiger partial charge in [-0.3, -0.25) is 4.98 Å². The molecule has 1 aromatic heterocycles. The Labute approximate surface area is 168 Å². The molecule has 1 aliphatic rings. The van der Waals surface area contributed by atoms with Crippen LogP contribution in [0, 0.1) is 5.82 Å². The SMILES string of the molecule is O=C(NCCOc1ccc2ncccc2c1)N1CCN(c2ccccc2F)CC1. The molecule has 0 saturated carbocycles. The molecule has 29 heavy (non-hydrogen) atoms. The number of anilines is 1. The zero-order valence-corrected chi connectivity index (χ0v) is 16.1. The molecule has 0 spiro atoms. The first-order chi connectivity index (χ1) is 14.2. The molecule has 0 unspecified atom stereocenters. The van der Waals surface area contributed by atoms with Crippen molar-refractivity contribution in [2.45, 2.75) is 0 Å². The summed E-state index contributed by atoms with van der Waals surface area (Å²) in [6, 6.07) is 16.2. The molecule has 7 heteroatoms. The van der Waals surface area contributed by atoms with Crippen LogP contribution in [-0.4, -0.2) is 55.2 Å². The van der Waals surface area contributed by atoms with Gasteiger partial charge in [-0.1, -0.05) is 18.2 Å². The second-order valence-corrected chi connectivity index (χ2v) is 6.86. The van der Waals surface area contributed by atoms with Gasteiger partial charge in [0.25, 0.3) is 0 Å². The molecule has 1 saturated heterocycles. The zero-order chi connectivity index (χ0) is 20.1. The van der Waals surface area contributed by atoms with E-state index in [0.29, 0.717) is 45.0 Å². The molecule has 6 nitrogen and oxygen atoms in total. The Morgan fingerprint density at radius 3 is 2.72 bits per heavy atom. The molecule has 0 aliphatic carbocycles. The molecule has 4 rings (SSSR count). The van der Waals surface area contributed by atoms with Crippen molar-refractivity contribution in [1.82, 2.24) is 15.2 Å². The number of amides is 2. The quantitative estimate of drug-likeness (QED) is 0.675. The van der Waals surface area contributed by atoms with E-state index in [1.54, 1.807) is 23.2 Å². The predicted octanol–water partition coefficient (Wildman–Crippen LogP) is 3.28. The Balaban J connectivity index is 1.21. The largest absolute Gasteiger partial charge is 0.492 e. The highest BCUT2D eigenvalue weighted by Crippen LogP contribution is 2.20. The van der Waals surface area contributed by atoms with Crippen molar-refractivity contribution in [1.29, 1.82) is 0 Å². The summed E-state index contributed by atoms with van der Waals surface area (Å²) in [5.74, 6) is 0.519. The summed E-state index contributed by atoms with van der Waals surface area (Å²) < 4.78 is 19.6. The van der Waals surface area contributed by atoms with Gasteiger partial charge in [-0.05, 0) is 36.4 Å². The third-order valence-electron chi connectivity index (χ3n) is 4.98. The van der Waals surface area contributed by atoms with Crippen LogP contribution in [0.15, 0.2) is 60.8 Å². The molecule has 2 amide bonds. The maximum atomic E-state index is 13.9. The van der Waals surface area contributed by atoms with Gasteiger partial charge in [0.05, 0.1) is 17.7 Å². The molecular weight excluding hydrogens is 371 g/mol. The molecule has 1 aliphatic heterocycles. The number of benzene rings is 2. The van der Waals surface area contributed by atoms with Gasteiger partial charge in [0, 0.05) is 37.8 Å². The molecule has 0 radical (unpaired) electrons. The normalized spacial score (nSPS) is 14.1. The summed E-state index contributed by atoms with van der Waals surface area (Å²) in [4.78, 5) is 20.4. The summed E-state index contributed by atoms with van der Waals surface area (Å²) >= 11 is 0. The summed E-state index contributed by atoms with van der Waals surface area (Å²) in [6.07, 6.45) is 1.76. The summed E-state index contributed by atoms with van der Waals surface area (Å²) in [5.41, 5.74) is 1.51. The third-order valence-corrected chi connectivity index (χ3v) is 4.98. The van der Waals surface area contributed by atoms with Crippen molar-refractivity contribution in [3.05, 3.63) is 66.6 Å². The van der Waals surface area contributed by atoms with Crippen molar-refractivity contribution in [2.75, 3.05) is 44.2 Å². The molecule has 0 bridgehead atoms. The Kier molecular flexibility index (Phi) is 5.74. The molecule has 3 aromatic rings. The second kappa shape index (κ2) is 8.77.